The van der Waals surface area contributed by atoms with E-state index in [4.69, 9.17) is 11.0 Å². The number of fused-ring (bicyclic) bond motifs is 4. The third kappa shape index (κ3) is 10.9. The van der Waals surface area contributed by atoms with Crippen molar-refractivity contribution in [3.05, 3.63) is 192 Å². The molecule has 5 heteroatoms. The van der Waals surface area contributed by atoms with E-state index in [2.05, 4.69) is 171 Å². The van der Waals surface area contributed by atoms with Crippen LogP contribution in [0.1, 0.15) is 53.5 Å². The summed E-state index contributed by atoms with van der Waals surface area (Å²) in [5.41, 5.74) is 14.4. The Labute approximate surface area is 345 Å². The van der Waals surface area contributed by atoms with Crippen LogP contribution in [0.25, 0.3) is 57.3 Å². The van der Waals surface area contributed by atoms with Crippen LogP contribution in [0.5, 0.6) is 0 Å². The first-order valence-corrected chi connectivity index (χ1v) is 19.7. The number of aliphatic imine (C=N–C) groups is 1. The Morgan fingerprint density at radius 2 is 1.40 bits per heavy atom. The summed E-state index contributed by atoms with van der Waals surface area (Å²) < 4.78 is 4.58. The number of amidine groups is 1. The molecule has 0 aliphatic rings. The van der Waals surface area contributed by atoms with Gasteiger partial charge in [0.1, 0.15) is 5.84 Å². The molecule has 0 saturated carbocycles. The zero-order valence-corrected chi connectivity index (χ0v) is 35.0. The van der Waals surface area contributed by atoms with Crippen molar-refractivity contribution in [2.45, 2.75) is 54.0 Å². The number of allylic oxidation sites excluding steroid dienone is 8. The van der Waals surface area contributed by atoms with Gasteiger partial charge in [-0.05, 0) is 76.1 Å². The highest BCUT2D eigenvalue weighted by atomic mass is 15.0. The van der Waals surface area contributed by atoms with Crippen LogP contribution in [0.3, 0.4) is 0 Å². The van der Waals surface area contributed by atoms with E-state index in [0.717, 1.165) is 72.4 Å². The number of aromatic nitrogens is 2. The maximum atomic E-state index is 8.51. The molecule has 0 bridgehead atoms. The lowest BCUT2D eigenvalue weighted by molar-refractivity contribution is 0.716. The summed E-state index contributed by atoms with van der Waals surface area (Å²) in [6.07, 6.45) is 10.5. The van der Waals surface area contributed by atoms with Gasteiger partial charge in [0.15, 0.2) is 0 Å². The molecule has 2 atom stereocenters. The molecule has 2 N–H and O–H groups in total. The van der Waals surface area contributed by atoms with Gasteiger partial charge in [-0.15, -0.1) is 0 Å². The fourth-order valence-corrected chi connectivity index (χ4v) is 6.33. The number of nitrogens with two attached hydrogens (primary N) is 1. The van der Waals surface area contributed by atoms with Crippen LogP contribution in [0, 0.1) is 17.2 Å². The zero-order chi connectivity index (χ0) is 42.2. The van der Waals surface area contributed by atoms with Gasteiger partial charge in [-0.3, -0.25) is 4.99 Å². The molecule has 0 spiro atoms. The van der Waals surface area contributed by atoms with Gasteiger partial charge in [-0.2, -0.15) is 5.26 Å². The van der Waals surface area contributed by atoms with Crippen molar-refractivity contribution in [3.63, 3.8) is 0 Å². The van der Waals surface area contributed by atoms with Gasteiger partial charge in [0.25, 0.3) is 0 Å². The normalized spacial score (nSPS) is 12.8. The number of benzene rings is 4. The second kappa shape index (κ2) is 21.4. The predicted molar refractivity (Wildman–Crippen MR) is 254 cm³/mol. The van der Waals surface area contributed by atoms with Crippen molar-refractivity contribution in [2.24, 2.45) is 16.6 Å². The standard InChI is InChI=1S/C30H26N2.C12H15N.C11H16N2/c1-5-22(3)31-23(4)30-27(20-19-21(2)25-15-9-11-17-28(25)31)26-16-10-12-18-29(26)32(30)24-13-7-6-8-14-24;1-5-12(10(2)3)8-6-7-11(4)9-13;1-3-9(2)13-11(12)10-7-5-4-6-8-10/h5-20H,2,4H2,1,3H3;5-8,11H,1-2H2,3-4H3;4-9H,3H2,1-2H3,(H2,12,13)/b20-19?,22-5+;7-6-,12-8+;. The number of para-hydroxylation sites is 3. The van der Waals surface area contributed by atoms with E-state index < -0.39 is 0 Å². The molecule has 58 heavy (non-hydrogen) atoms. The molecule has 0 saturated heterocycles. The summed E-state index contributed by atoms with van der Waals surface area (Å²) in [4.78, 5) is 4.36. The average Bonchev–Trinajstić information content (AvgIpc) is 3.60. The minimum atomic E-state index is -0.0487. The maximum absolute atomic E-state index is 8.51. The molecule has 2 unspecified atom stereocenters. The smallest absolute Gasteiger partial charge is 0.125 e. The van der Waals surface area contributed by atoms with Gasteiger partial charge in [-0.1, -0.05) is 166 Å². The van der Waals surface area contributed by atoms with E-state index in [9.17, 15) is 0 Å². The lowest BCUT2D eigenvalue weighted by Gasteiger charge is -2.13. The summed E-state index contributed by atoms with van der Waals surface area (Å²) in [6, 6.07) is 44.1. The number of nitrogens with zero attached hydrogens (tertiary/aromatic N) is 4. The van der Waals surface area contributed by atoms with Crippen LogP contribution in [0.4, 0.5) is 0 Å². The predicted octanol–water partition coefficient (Wildman–Crippen LogP) is 12.1. The summed E-state index contributed by atoms with van der Waals surface area (Å²) >= 11 is 0. The van der Waals surface area contributed by atoms with E-state index in [1.165, 1.54) is 5.39 Å². The monoisotopic (exact) mass is 763 g/mol. The van der Waals surface area contributed by atoms with Gasteiger partial charge in [0.05, 0.1) is 33.9 Å². The molecule has 6 aromatic rings. The van der Waals surface area contributed by atoms with Crippen LogP contribution < -0.4 is 16.3 Å². The number of hydrogen-bond acceptors (Lipinski definition) is 2. The molecule has 0 aliphatic carbocycles. The SMILES string of the molecule is C=C/C(=C\C=C/C(C)C#N)C(=C)C.C=c1ccc2c3ccccc3n(-c3ccccc3)c2c(=C)n(/C(C)=C/C)c2ccccc12.CCC(C)N=C(N)c1ccccc1. The largest absolute Gasteiger partial charge is 0.383 e. The van der Waals surface area contributed by atoms with Gasteiger partial charge in [0, 0.05) is 39.1 Å². The Bertz CT molecular complexity index is 2700. The molecular formula is C53H57N5. The Kier molecular flexibility index (Phi) is 16.2. The second-order valence-electron chi connectivity index (χ2n) is 14.1. The van der Waals surface area contributed by atoms with E-state index >= 15 is 0 Å². The molecule has 0 amide bonds. The number of nitriles is 1. The number of hydrogen-bond donors (Lipinski definition) is 1. The van der Waals surface area contributed by atoms with Gasteiger partial charge in [0.2, 0.25) is 0 Å². The summed E-state index contributed by atoms with van der Waals surface area (Å²) in [7, 11) is 0. The van der Waals surface area contributed by atoms with Crippen LogP contribution in [0.2, 0.25) is 0 Å². The van der Waals surface area contributed by atoms with Gasteiger partial charge < -0.3 is 14.9 Å². The lowest BCUT2D eigenvalue weighted by Crippen LogP contribution is -2.19. The van der Waals surface area contributed by atoms with Crippen LogP contribution in [-0.4, -0.2) is 21.0 Å². The highest BCUT2D eigenvalue weighted by Crippen LogP contribution is 2.29. The van der Waals surface area contributed by atoms with Crippen molar-refractivity contribution >= 4 is 57.4 Å². The Morgan fingerprint density at radius 3 is 1.98 bits per heavy atom. The molecule has 4 aromatic carbocycles. The van der Waals surface area contributed by atoms with Crippen LogP contribution >= 0.6 is 0 Å². The van der Waals surface area contributed by atoms with Crippen LogP contribution in [-0.2, 0) is 0 Å². The summed E-state index contributed by atoms with van der Waals surface area (Å²) in [6.45, 7) is 28.7. The van der Waals surface area contributed by atoms with Gasteiger partial charge >= 0.3 is 0 Å². The quantitative estimate of drug-likeness (QED) is 0.0905. The highest BCUT2D eigenvalue weighted by Gasteiger charge is 2.13. The van der Waals surface area contributed by atoms with Gasteiger partial charge in [-0.25, -0.2) is 0 Å². The van der Waals surface area contributed by atoms with Crippen molar-refractivity contribution in [1.82, 2.24) is 9.13 Å². The Morgan fingerprint density at radius 1 is 0.810 bits per heavy atom. The summed E-state index contributed by atoms with van der Waals surface area (Å²) in [5, 5.41) is 13.9. The van der Waals surface area contributed by atoms with E-state index in [1.54, 1.807) is 6.08 Å². The lowest BCUT2D eigenvalue weighted by atomic mass is 10.1. The van der Waals surface area contributed by atoms with E-state index in [0.29, 0.717) is 11.9 Å². The van der Waals surface area contributed by atoms with Crippen molar-refractivity contribution < 1.29 is 0 Å². The number of rotatable bonds is 9. The molecule has 0 fully saturated rings. The molecule has 5 nitrogen and oxygen atoms in total. The molecule has 6 rings (SSSR count). The minimum Gasteiger partial charge on any atom is -0.383 e. The van der Waals surface area contributed by atoms with Crippen molar-refractivity contribution in [3.8, 4) is 11.8 Å². The van der Waals surface area contributed by atoms with E-state index in [-0.39, 0.29) is 5.92 Å². The second-order valence-corrected chi connectivity index (χ2v) is 14.1. The average molecular weight is 764 g/mol. The maximum Gasteiger partial charge on any atom is 0.125 e. The highest BCUT2D eigenvalue weighted by molar-refractivity contribution is 6.09. The molecular weight excluding hydrogens is 707 g/mol. The van der Waals surface area contributed by atoms with Crippen molar-refractivity contribution in [1.29, 1.82) is 5.26 Å². The molecule has 0 aliphatic heterocycles. The van der Waals surface area contributed by atoms with E-state index in [1.807, 2.05) is 62.4 Å². The third-order valence-corrected chi connectivity index (χ3v) is 9.80. The zero-order valence-electron chi connectivity index (χ0n) is 35.0. The first-order chi connectivity index (χ1) is 28.0. The molecule has 2 aromatic heterocycles. The first-order valence-electron chi connectivity index (χ1n) is 19.7. The van der Waals surface area contributed by atoms with Crippen LogP contribution in [0.15, 0.2) is 181 Å². The topological polar surface area (TPSA) is 72.0 Å². The fraction of sp³-hybridized carbons (Fsp3) is 0.170. The molecule has 2 heterocycles. The molecule has 0 radical (unpaired) electrons. The first kappa shape index (κ1) is 43.8. The minimum absolute atomic E-state index is 0.0487. The summed E-state index contributed by atoms with van der Waals surface area (Å²) in [5.74, 6) is 0.586. The Hall–Kier alpha value is -6.90. The molecule has 294 valence electrons. The Balaban J connectivity index is 0.000000237. The third-order valence-electron chi connectivity index (χ3n) is 9.80. The van der Waals surface area contributed by atoms with Crippen molar-refractivity contribution in [2.75, 3.05) is 0 Å². The fourth-order valence-electron chi connectivity index (χ4n) is 6.33.